The van der Waals surface area contributed by atoms with Crippen LogP contribution in [0.15, 0.2) is 42.0 Å². The second kappa shape index (κ2) is 8.31. The lowest BCUT2D eigenvalue weighted by Gasteiger charge is -2.41. The summed E-state index contributed by atoms with van der Waals surface area (Å²) in [6.07, 6.45) is 3.81. The van der Waals surface area contributed by atoms with Gasteiger partial charge in [-0.3, -0.25) is 4.79 Å². The Morgan fingerprint density at radius 2 is 1.94 bits per heavy atom. The lowest BCUT2D eigenvalue weighted by molar-refractivity contribution is -0.112. The Kier molecular flexibility index (Phi) is 5.94. The third-order valence-electron chi connectivity index (χ3n) is 6.09. The first-order valence-corrected chi connectivity index (χ1v) is 10.2. The topological polar surface area (TPSA) is 65.4 Å². The molecule has 0 aromatic heterocycles. The molecule has 3 rings (SSSR count). The molecule has 0 radical (unpaired) electrons. The van der Waals surface area contributed by atoms with Crippen LogP contribution in [0.1, 0.15) is 43.0 Å². The molecule has 1 N–H and O–H groups in total. The van der Waals surface area contributed by atoms with Crippen LogP contribution >= 0.6 is 0 Å². The minimum absolute atomic E-state index is 0.0188. The number of fused-ring (bicyclic) bond motifs is 1. The number of benzene rings is 2. The third kappa shape index (κ3) is 4.20. The van der Waals surface area contributed by atoms with Gasteiger partial charge in [-0.1, -0.05) is 18.2 Å². The molecule has 5 heteroatoms. The van der Waals surface area contributed by atoms with Gasteiger partial charge in [-0.2, -0.15) is 5.26 Å². The molecule has 0 bridgehead atoms. The highest BCUT2D eigenvalue weighted by Gasteiger charge is 2.29. The molecule has 5 nitrogen and oxygen atoms in total. The van der Waals surface area contributed by atoms with E-state index in [2.05, 4.69) is 44.1 Å². The normalized spacial score (nSPS) is 15.0. The molecule has 160 valence electrons. The fraction of sp³-hybridized carbons (Fsp3) is 0.308. The summed E-state index contributed by atoms with van der Waals surface area (Å²) < 4.78 is 5.61. The van der Waals surface area contributed by atoms with Crippen molar-refractivity contribution < 1.29 is 9.53 Å². The van der Waals surface area contributed by atoms with E-state index in [9.17, 15) is 10.1 Å². The minimum atomic E-state index is -0.443. The van der Waals surface area contributed by atoms with Gasteiger partial charge in [-0.25, -0.2) is 0 Å². The van der Waals surface area contributed by atoms with Crippen molar-refractivity contribution in [2.75, 3.05) is 24.4 Å². The summed E-state index contributed by atoms with van der Waals surface area (Å²) in [6, 6.07) is 11.7. The van der Waals surface area contributed by atoms with Gasteiger partial charge in [0.25, 0.3) is 5.91 Å². The number of ether oxygens (including phenoxy) is 1. The van der Waals surface area contributed by atoms with E-state index < -0.39 is 5.91 Å². The van der Waals surface area contributed by atoms with Crippen LogP contribution in [0.4, 0.5) is 11.4 Å². The van der Waals surface area contributed by atoms with Crippen LogP contribution in [0.3, 0.4) is 0 Å². The first kappa shape index (κ1) is 22.2. The molecular weight excluding hydrogens is 386 g/mol. The molecule has 2 aromatic carbocycles. The smallest absolute Gasteiger partial charge is 0.266 e. The van der Waals surface area contributed by atoms with Crippen LogP contribution in [0.2, 0.25) is 0 Å². The van der Waals surface area contributed by atoms with Gasteiger partial charge < -0.3 is 15.0 Å². The van der Waals surface area contributed by atoms with E-state index in [4.69, 9.17) is 4.74 Å². The van der Waals surface area contributed by atoms with Gasteiger partial charge in [-0.15, -0.1) is 0 Å². The van der Waals surface area contributed by atoms with Gasteiger partial charge in [0.15, 0.2) is 0 Å². The van der Waals surface area contributed by atoms with Crippen molar-refractivity contribution in [2.24, 2.45) is 0 Å². The maximum Gasteiger partial charge on any atom is 0.266 e. The average Bonchev–Trinajstić information content (AvgIpc) is 2.72. The van der Waals surface area contributed by atoms with Crippen LogP contribution in [-0.4, -0.2) is 25.6 Å². The molecule has 0 saturated carbocycles. The summed E-state index contributed by atoms with van der Waals surface area (Å²) in [5.41, 5.74) is 6.60. The fourth-order valence-corrected chi connectivity index (χ4v) is 3.86. The van der Waals surface area contributed by atoms with Crippen molar-refractivity contribution in [2.45, 2.75) is 40.2 Å². The number of allylic oxidation sites excluding steroid dienone is 1. The highest BCUT2D eigenvalue weighted by molar-refractivity contribution is 6.10. The van der Waals surface area contributed by atoms with Gasteiger partial charge in [0.05, 0.1) is 12.6 Å². The standard InChI is InChI=1S/C26H29N3O2/c1-16-9-8-10-22(18(16)3)28-25(30)20(15-27)11-19-12-21-17(2)14-26(4,5)29(6)23(21)13-24(19)31-7/h8-14H,1-7H3,(H,28,30)/b20-11+. The van der Waals surface area contributed by atoms with E-state index in [0.717, 1.165) is 28.0 Å². The third-order valence-corrected chi connectivity index (χ3v) is 6.09. The number of methoxy groups -OCH3 is 1. The number of nitriles is 1. The second-order valence-corrected chi connectivity index (χ2v) is 8.52. The molecule has 31 heavy (non-hydrogen) atoms. The lowest BCUT2D eigenvalue weighted by atomic mass is 9.88. The zero-order chi connectivity index (χ0) is 22.9. The summed E-state index contributed by atoms with van der Waals surface area (Å²) in [7, 11) is 3.65. The molecule has 1 amide bonds. The molecule has 2 aromatic rings. The number of hydrogen-bond acceptors (Lipinski definition) is 4. The van der Waals surface area contributed by atoms with Crippen LogP contribution in [0, 0.1) is 25.2 Å². The monoisotopic (exact) mass is 415 g/mol. The molecule has 1 heterocycles. The van der Waals surface area contributed by atoms with Crippen LogP contribution in [-0.2, 0) is 4.79 Å². The highest BCUT2D eigenvalue weighted by atomic mass is 16.5. The van der Waals surface area contributed by atoms with E-state index in [0.29, 0.717) is 17.0 Å². The largest absolute Gasteiger partial charge is 0.496 e. The van der Waals surface area contributed by atoms with E-state index in [1.54, 1.807) is 13.2 Å². The molecule has 0 spiro atoms. The molecule has 0 atom stereocenters. The van der Waals surface area contributed by atoms with Gasteiger partial charge in [-0.05, 0) is 69.5 Å². The number of carbonyl (C=O) groups excluding carboxylic acids is 1. The van der Waals surface area contributed by atoms with E-state index in [1.165, 1.54) is 0 Å². The molecule has 1 aliphatic rings. The zero-order valence-corrected chi connectivity index (χ0v) is 19.3. The minimum Gasteiger partial charge on any atom is -0.496 e. The Bertz CT molecular complexity index is 1150. The lowest BCUT2D eigenvalue weighted by Crippen LogP contribution is -2.42. The SMILES string of the molecule is COc1cc2c(cc1/C=C(\C#N)C(=O)Nc1cccc(C)c1C)C(C)=CC(C)(C)N2C. The van der Waals surface area contributed by atoms with Crippen molar-refractivity contribution in [3.63, 3.8) is 0 Å². The van der Waals surface area contributed by atoms with Crippen LogP contribution in [0.5, 0.6) is 5.75 Å². The molecule has 1 aliphatic heterocycles. The number of anilines is 2. The maximum atomic E-state index is 12.8. The van der Waals surface area contributed by atoms with Gasteiger partial charge >= 0.3 is 0 Å². The Labute approximate surface area is 184 Å². The van der Waals surface area contributed by atoms with Gasteiger partial charge in [0, 0.05) is 35.6 Å². The number of carbonyl (C=O) groups is 1. The number of rotatable bonds is 4. The summed E-state index contributed by atoms with van der Waals surface area (Å²) in [6.45, 7) is 10.3. The van der Waals surface area contributed by atoms with Crippen molar-refractivity contribution in [1.29, 1.82) is 5.26 Å². The second-order valence-electron chi connectivity index (χ2n) is 8.52. The Morgan fingerprint density at radius 3 is 2.58 bits per heavy atom. The van der Waals surface area contributed by atoms with Crippen molar-refractivity contribution >= 4 is 28.9 Å². The van der Waals surface area contributed by atoms with E-state index in [-0.39, 0.29) is 11.1 Å². The number of hydrogen-bond donors (Lipinski definition) is 1. The quantitative estimate of drug-likeness (QED) is 0.530. The summed E-state index contributed by atoms with van der Waals surface area (Å²) in [5, 5.41) is 12.5. The maximum absolute atomic E-state index is 12.8. The Morgan fingerprint density at radius 1 is 1.23 bits per heavy atom. The van der Waals surface area contributed by atoms with Crippen LogP contribution < -0.4 is 15.0 Å². The summed E-state index contributed by atoms with van der Waals surface area (Å²) in [5.74, 6) is 0.171. The summed E-state index contributed by atoms with van der Waals surface area (Å²) >= 11 is 0. The average molecular weight is 416 g/mol. The summed E-state index contributed by atoms with van der Waals surface area (Å²) in [4.78, 5) is 15.0. The first-order chi connectivity index (χ1) is 14.6. The van der Waals surface area contributed by atoms with Gasteiger partial charge in [0.1, 0.15) is 17.4 Å². The molecule has 0 saturated heterocycles. The van der Waals surface area contributed by atoms with Crippen LogP contribution in [0.25, 0.3) is 11.6 Å². The fourth-order valence-electron chi connectivity index (χ4n) is 3.86. The predicted octanol–water partition coefficient (Wildman–Crippen LogP) is 5.49. The van der Waals surface area contributed by atoms with E-state index in [1.807, 2.05) is 50.2 Å². The Balaban J connectivity index is 2.03. The number of likely N-dealkylation sites (N-methyl/N-ethyl adjacent to an activating group) is 1. The highest BCUT2D eigenvalue weighted by Crippen LogP contribution is 2.41. The predicted molar refractivity (Wildman–Crippen MR) is 127 cm³/mol. The zero-order valence-electron chi connectivity index (χ0n) is 19.3. The molecular formula is C26H29N3O2. The molecule has 0 unspecified atom stereocenters. The van der Waals surface area contributed by atoms with Gasteiger partial charge in [0.2, 0.25) is 0 Å². The molecule has 0 fully saturated rings. The van der Waals surface area contributed by atoms with E-state index >= 15 is 0 Å². The first-order valence-electron chi connectivity index (χ1n) is 10.2. The molecule has 0 aliphatic carbocycles. The number of nitrogens with zero attached hydrogens (tertiary/aromatic N) is 2. The van der Waals surface area contributed by atoms with Crippen molar-refractivity contribution in [1.82, 2.24) is 0 Å². The van der Waals surface area contributed by atoms with Crippen molar-refractivity contribution in [3.05, 3.63) is 64.2 Å². The number of amides is 1. The van der Waals surface area contributed by atoms with Crippen molar-refractivity contribution in [3.8, 4) is 11.8 Å². The number of aryl methyl sites for hydroxylation is 1. The Hall–Kier alpha value is -3.52. The number of nitrogens with one attached hydrogen (secondary N) is 1.